The predicted octanol–water partition coefficient (Wildman–Crippen LogP) is 6.14. The van der Waals surface area contributed by atoms with Crippen LogP contribution in [0.2, 0.25) is 0 Å². The van der Waals surface area contributed by atoms with Gasteiger partial charge in [-0.15, -0.1) is 0 Å². The van der Waals surface area contributed by atoms with Gasteiger partial charge in [-0.3, -0.25) is 14.4 Å². The molecule has 0 spiro atoms. The van der Waals surface area contributed by atoms with E-state index >= 15 is 0 Å². The summed E-state index contributed by atoms with van der Waals surface area (Å²) in [4.78, 5) is 55.0. The Balaban J connectivity index is 1.37. The van der Waals surface area contributed by atoms with Crippen molar-refractivity contribution in [2.24, 2.45) is 0 Å². The number of rotatable bonds is 10. The van der Waals surface area contributed by atoms with Crippen LogP contribution in [0.25, 0.3) is 0 Å². The predicted molar refractivity (Wildman–Crippen MR) is 164 cm³/mol. The van der Waals surface area contributed by atoms with Crippen molar-refractivity contribution in [3.63, 3.8) is 0 Å². The van der Waals surface area contributed by atoms with E-state index in [-0.39, 0.29) is 34.5 Å². The highest BCUT2D eigenvalue weighted by molar-refractivity contribution is 6.53. The quantitative estimate of drug-likeness (QED) is 0.175. The number of benzene rings is 4. The smallest absolute Gasteiger partial charge is 0.338 e. The first-order valence-corrected chi connectivity index (χ1v) is 14.0. The minimum Gasteiger partial charge on any atom is -0.462 e. The molecule has 4 aromatic carbocycles. The molecule has 0 radical (unpaired) electrons. The highest BCUT2D eigenvalue weighted by Gasteiger charge is 2.39. The van der Waals surface area contributed by atoms with E-state index in [1.54, 1.807) is 42.2 Å². The molecule has 0 unspecified atom stereocenters. The Bertz CT molecular complexity index is 1660. The second kappa shape index (κ2) is 13.2. The van der Waals surface area contributed by atoms with Crippen LogP contribution in [-0.2, 0) is 27.4 Å². The number of nitrogens with one attached hydrogen (secondary N) is 1. The number of anilines is 2. The second-order valence-electron chi connectivity index (χ2n) is 9.74. The van der Waals surface area contributed by atoms with Crippen molar-refractivity contribution in [2.75, 3.05) is 16.8 Å². The van der Waals surface area contributed by atoms with Crippen LogP contribution >= 0.6 is 11.6 Å². The number of imide groups is 1. The zero-order valence-corrected chi connectivity index (χ0v) is 24.1. The average molecular weight is 594 g/mol. The number of hydrogen-bond donors (Lipinski definition) is 1. The molecule has 216 valence electrons. The van der Waals surface area contributed by atoms with E-state index in [0.29, 0.717) is 24.3 Å². The molecule has 3 amide bonds. The summed E-state index contributed by atoms with van der Waals surface area (Å²) in [6.45, 7) is 2.67. The third kappa shape index (κ3) is 6.66. The van der Waals surface area contributed by atoms with Crippen LogP contribution in [0.3, 0.4) is 0 Å². The number of amides is 3. The van der Waals surface area contributed by atoms with Gasteiger partial charge in [-0.1, -0.05) is 84.4 Å². The van der Waals surface area contributed by atoms with E-state index in [1.807, 2.05) is 60.7 Å². The number of halogens is 1. The molecule has 1 heterocycles. The van der Waals surface area contributed by atoms with E-state index in [9.17, 15) is 19.2 Å². The number of hydrogen-bond acceptors (Lipinski definition) is 6. The lowest BCUT2D eigenvalue weighted by molar-refractivity contribution is -0.120. The molecule has 0 saturated heterocycles. The van der Waals surface area contributed by atoms with E-state index in [1.165, 1.54) is 18.2 Å². The number of ether oxygens (including phenoxy) is 1. The Labute approximate surface area is 254 Å². The lowest BCUT2D eigenvalue weighted by atomic mass is 10.1. The highest BCUT2D eigenvalue weighted by atomic mass is 35.5. The summed E-state index contributed by atoms with van der Waals surface area (Å²) >= 11 is 6.34. The molecule has 0 bridgehead atoms. The van der Waals surface area contributed by atoms with Crippen molar-refractivity contribution in [1.29, 1.82) is 0 Å². The van der Waals surface area contributed by atoms with Crippen molar-refractivity contribution in [3.8, 4) is 0 Å². The minimum atomic E-state index is -0.737. The molecule has 1 aliphatic heterocycles. The van der Waals surface area contributed by atoms with Gasteiger partial charge in [0.2, 0.25) is 0 Å². The molecule has 4 aromatic rings. The Kier molecular flexibility index (Phi) is 8.98. The number of esters is 1. The summed E-state index contributed by atoms with van der Waals surface area (Å²) in [5.74, 6) is -2.21. The van der Waals surface area contributed by atoms with Gasteiger partial charge in [0.25, 0.3) is 17.7 Å². The normalized spacial score (nSPS) is 12.8. The molecule has 0 aliphatic carbocycles. The van der Waals surface area contributed by atoms with Crippen molar-refractivity contribution >= 4 is 46.7 Å². The van der Waals surface area contributed by atoms with Gasteiger partial charge in [-0.05, 0) is 54.4 Å². The van der Waals surface area contributed by atoms with Crippen LogP contribution in [0.1, 0.15) is 38.8 Å². The van der Waals surface area contributed by atoms with E-state index in [4.69, 9.17) is 16.3 Å². The fraction of sp³-hybridized carbons (Fsp3) is 0.118. The van der Waals surface area contributed by atoms with Crippen LogP contribution in [0.5, 0.6) is 0 Å². The molecular weight excluding hydrogens is 566 g/mol. The van der Waals surface area contributed by atoms with Gasteiger partial charge in [0.05, 0.1) is 17.9 Å². The van der Waals surface area contributed by atoms with Gasteiger partial charge in [0.15, 0.2) is 0 Å². The van der Waals surface area contributed by atoms with E-state index in [0.717, 1.165) is 16.0 Å². The van der Waals surface area contributed by atoms with Gasteiger partial charge in [0.1, 0.15) is 10.7 Å². The van der Waals surface area contributed by atoms with Crippen molar-refractivity contribution in [3.05, 3.63) is 142 Å². The standard InChI is InChI=1S/C34H28ClN3O5/c1-2-43-34(42)26-16-10-18-28(20-26)38-32(40)29(35)30(33(38)41)36-27-17-9-15-25(19-27)31(39)37(21-23-11-5-3-6-12-23)22-24-13-7-4-8-14-24/h3-20,36H,2,21-22H2,1H3. The van der Waals surface area contributed by atoms with Crippen LogP contribution in [0.15, 0.2) is 120 Å². The highest BCUT2D eigenvalue weighted by Crippen LogP contribution is 2.31. The van der Waals surface area contributed by atoms with Crippen molar-refractivity contribution < 1.29 is 23.9 Å². The average Bonchev–Trinajstić information content (AvgIpc) is 3.24. The molecule has 0 aromatic heterocycles. The number of carbonyl (C=O) groups excluding carboxylic acids is 4. The van der Waals surface area contributed by atoms with Crippen molar-refractivity contribution in [1.82, 2.24) is 4.90 Å². The Morgan fingerprint density at radius 1 is 0.767 bits per heavy atom. The molecule has 1 N–H and O–H groups in total. The van der Waals surface area contributed by atoms with Gasteiger partial charge in [-0.25, -0.2) is 9.69 Å². The second-order valence-corrected chi connectivity index (χ2v) is 10.1. The minimum absolute atomic E-state index is 0.136. The van der Waals surface area contributed by atoms with Gasteiger partial charge < -0.3 is 15.0 Å². The molecule has 0 saturated carbocycles. The van der Waals surface area contributed by atoms with Gasteiger partial charge in [-0.2, -0.15) is 0 Å². The van der Waals surface area contributed by atoms with Crippen LogP contribution in [-0.4, -0.2) is 35.2 Å². The fourth-order valence-corrected chi connectivity index (χ4v) is 4.91. The lowest BCUT2D eigenvalue weighted by Crippen LogP contribution is -2.32. The Hall–Kier alpha value is -5.21. The molecule has 9 heteroatoms. The van der Waals surface area contributed by atoms with Gasteiger partial charge in [0, 0.05) is 24.3 Å². The molecule has 0 atom stereocenters. The fourth-order valence-electron chi connectivity index (χ4n) is 4.70. The molecule has 0 fully saturated rings. The summed E-state index contributed by atoms with van der Waals surface area (Å²) in [6.07, 6.45) is 0. The summed E-state index contributed by atoms with van der Waals surface area (Å²) in [7, 11) is 0. The molecule has 1 aliphatic rings. The summed E-state index contributed by atoms with van der Waals surface area (Å²) in [5, 5.41) is 2.63. The van der Waals surface area contributed by atoms with Crippen LogP contribution in [0.4, 0.5) is 11.4 Å². The molecular formula is C34H28ClN3O5. The maximum Gasteiger partial charge on any atom is 0.338 e. The summed E-state index contributed by atoms with van der Waals surface area (Å²) in [6, 6.07) is 32.1. The molecule has 43 heavy (non-hydrogen) atoms. The first kappa shape index (κ1) is 29.3. The molecule has 5 rings (SSSR count). The summed E-state index contributed by atoms with van der Waals surface area (Å²) in [5.41, 5.74) is 3.01. The number of nitrogens with zero attached hydrogens (tertiary/aromatic N) is 2. The SMILES string of the molecule is CCOC(=O)c1cccc(N2C(=O)C(Cl)=C(Nc3cccc(C(=O)N(Cc4ccccc4)Cc4ccccc4)c3)C2=O)c1. The van der Waals surface area contributed by atoms with E-state index in [2.05, 4.69) is 5.32 Å². The summed E-state index contributed by atoms with van der Waals surface area (Å²) < 4.78 is 5.03. The zero-order valence-electron chi connectivity index (χ0n) is 23.3. The van der Waals surface area contributed by atoms with Crippen molar-refractivity contribution in [2.45, 2.75) is 20.0 Å². The largest absolute Gasteiger partial charge is 0.462 e. The number of carbonyl (C=O) groups is 4. The Morgan fingerprint density at radius 2 is 1.37 bits per heavy atom. The zero-order chi connectivity index (χ0) is 30.3. The maximum atomic E-state index is 13.8. The Morgan fingerprint density at radius 3 is 2.00 bits per heavy atom. The topological polar surface area (TPSA) is 96.0 Å². The first-order valence-electron chi connectivity index (χ1n) is 13.7. The van der Waals surface area contributed by atoms with Crippen LogP contribution < -0.4 is 10.2 Å². The van der Waals surface area contributed by atoms with E-state index < -0.39 is 17.8 Å². The monoisotopic (exact) mass is 593 g/mol. The third-order valence-corrected chi connectivity index (χ3v) is 7.09. The van der Waals surface area contributed by atoms with Gasteiger partial charge >= 0.3 is 5.97 Å². The maximum absolute atomic E-state index is 13.8. The molecule has 8 nitrogen and oxygen atoms in total. The lowest BCUT2D eigenvalue weighted by Gasteiger charge is -2.23. The third-order valence-electron chi connectivity index (χ3n) is 6.74. The van der Waals surface area contributed by atoms with Crippen LogP contribution in [0, 0.1) is 0 Å². The first-order chi connectivity index (χ1) is 20.9.